The van der Waals surface area contributed by atoms with Crippen molar-refractivity contribution in [3.8, 4) is 0 Å². The van der Waals surface area contributed by atoms with Crippen LogP contribution in [0.1, 0.15) is 16.2 Å². The Morgan fingerprint density at radius 2 is 2.29 bits per heavy atom. The normalized spacial score (nSPS) is 10.6. The molecule has 2 rings (SSSR count). The van der Waals surface area contributed by atoms with Crippen molar-refractivity contribution in [3.05, 3.63) is 17.7 Å². The largest absolute Gasteiger partial charge is 0.477 e. The van der Waals surface area contributed by atoms with Gasteiger partial charge >= 0.3 is 5.97 Å². The van der Waals surface area contributed by atoms with Crippen LogP contribution in [0.4, 0.5) is 5.69 Å². The smallest absolute Gasteiger partial charge is 0.354 e. The minimum atomic E-state index is -1.10. The van der Waals surface area contributed by atoms with Gasteiger partial charge in [-0.15, -0.1) is 0 Å². The molecular weight excluding hydrogens is 184 g/mol. The number of aromatic nitrogens is 3. The molecule has 0 radical (unpaired) electrons. The molecule has 0 bridgehead atoms. The second-order valence-electron chi connectivity index (χ2n) is 2.90. The number of aromatic amines is 1. The molecule has 0 fully saturated rings. The summed E-state index contributed by atoms with van der Waals surface area (Å²) in [6.45, 7) is 1.75. The van der Waals surface area contributed by atoms with Crippen molar-refractivity contribution < 1.29 is 9.90 Å². The van der Waals surface area contributed by atoms with Crippen molar-refractivity contribution in [2.45, 2.75) is 6.92 Å². The summed E-state index contributed by atoms with van der Waals surface area (Å²) in [5.74, 6) is -1.10. The van der Waals surface area contributed by atoms with Crippen LogP contribution in [0.3, 0.4) is 0 Å². The quantitative estimate of drug-likeness (QED) is 0.611. The third-order valence-corrected chi connectivity index (χ3v) is 2.03. The Labute approximate surface area is 78.8 Å². The highest BCUT2D eigenvalue weighted by atomic mass is 16.4. The van der Waals surface area contributed by atoms with Gasteiger partial charge in [-0.25, -0.2) is 14.8 Å². The molecule has 0 aliphatic heterocycles. The molecule has 6 nitrogen and oxygen atoms in total. The van der Waals surface area contributed by atoms with Crippen molar-refractivity contribution >= 4 is 22.7 Å². The second-order valence-corrected chi connectivity index (χ2v) is 2.90. The molecule has 0 saturated heterocycles. The number of aryl methyl sites for hydroxylation is 1. The molecule has 2 aromatic heterocycles. The van der Waals surface area contributed by atoms with Gasteiger partial charge in [0, 0.05) is 0 Å². The number of H-pyrrole nitrogens is 1. The van der Waals surface area contributed by atoms with E-state index >= 15 is 0 Å². The van der Waals surface area contributed by atoms with Gasteiger partial charge in [0.05, 0.1) is 16.8 Å². The van der Waals surface area contributed by atoms with Crippen LogP contribution in [0.25, 0.3) is 11.0 Å². The molecule has 0 aromatic carbocycles. The van der Waals surface area contributed by atoms with E-state index in [4.69, 9.17) is 10.8 Å². The second kappa shape index (κ2) is 2.69. The lowest BCUT2D eigenvalue weighted by atomic mass is 10.2. The van der Waals surface area contributed by atoms with Gasteiger partial charge in [0.25, 0.3) is 0 Å². The number of nitrogen functional groups attached to an aromatic ring is 1. The number of nitrogens with zero attached hydrogens (tertiary/aromatic N) is 2. The number of rotatable bonds is 1. The van der Waals surface area contributed by atoms with Crippen LogP contribution in [0.2, 0.25) is 0 Å². The lowest BCUT2D eigenvalue weighted by molar-refractivity contribution is 0.0692. The maximum Gasteiger partial charge on any atom is 0.354 e. The van der Waals surface area contributed by atoms with E-state index in [-0.39, 0.29) is 11.4 Å². The lowest BCUT2D eigenvalue weighted by Gasteiger charge is -1.94. The molecule has 0 aliphatic rings. The Kier molecular flexibility index (Phi) is 1.63. The van der Waals surface area contributed by atoms with Crippen LogP contribution in [-0.2, 0) is 0 Å². The first-order valence-corrected chi connectivity index (χ1v) is 3.93. The van der Waals surface area contributed by atoms with Crippen molar-refractivity contribution in [2.24, 2.45) is 0 Å². The summed E-state index contributed by atoms with van der Waals surface area (Å²) >= 11 is 0. The molecular formula is C8H8N4O2. The minimum absolute atomic E-state index is 0.0383. The molecule has 0 amide bonds. The van der Waals surface area contributed by atoms with E-state index in [1.54, 1.807) is 6.92 Å². The number of hydrogen-bond acceptors (Lipinski definition) is 4. The summed E-state index contributed by atoms with van der Waals surface area (Å²) in [5, 5.41) is 9.37. The summed E-state index contributed by atoms with van der Waals surface area (Å²) in [6.07, 6.45) is 1.36. The fourth-order valence-electron chi connectivity index (χ4n) is 1.37. The van der Waals surface area contributed by atoms with Crippen molar-refractivity contribution in [3.63, 3.8) is 0 Å². The van der Waals surface area contributed by atoms with Crippen LogP contribution in [-0.4, -0.2) is 26.0 Å². The van der Waals surface area contributed by atoms with Crippen molar-refractivity contribution in [1.82, 2.24) is 15.0 Å². The minimum Gasteiger partial charge on any atom is -0.477 e. The number of nitrogens with two attached hydrogens (primary N) is 1. The Morgan fingerprint density at radius 1 is 1.57 bits per heavy atom. The Bertz CT molecular complexity index is 517. The number of aromatic carboxylic acids is 1. The van der Waals surface area contributed by atoms with Crippen LogP contribution in [0.5, 0.6) is 0 Å². The third-order valence-electron chi connectivity index (χ3n) is 2.03. The SMILES string of the molecule is Cc1ncnc2[nH]c(C(=O)O)c(N)c12. The standard InChI is InChI=1S/C8H8N4O2/c1-3-4-5(9)6(8(13)14)12-7(4)11-2-10-3/h2H,9H2,1H3,(H,13,14)(H,10,11,12). The summed E-state index contributed by atoms with van der Waals surface area (Å²) in [7, 11) is 0. The van der Waals surface area contributed by atoms with E-state index in [0.717, 1.165) is 0 Å². The predicted molar refractivity (Wildman–Crippen MR) is 50.0 cm³/mol. The number of anilines is 1. The maximum atomic E-state index is 10.7. The first-order valence-electron chi connectivity index (χ1n) is 3.93. The number of fused-ring (bicyclic) bond motifs is 1. The summed E-state index contributed by atoms with van der Waals surface area (Å²) in [6, 6.07) is 0. The lowest BCUT2D eigenvalue weighted by Crippen LogP contribution is -2.00. The molecule has 72 valence electrons. The molecule has 0 atom stereocenters. The van der Waals surface area contributed by atoms with E-state index in [1.165, 1.54) is 6.33 Å². The van der Waals surface area contributed by atoms with E-state index in [0.29, 0.717) is 16.7 Å². The zero-order valence-corrected chi connectivity index (χ0v) is 7.40. The number of carboxylic acids is 1. The molecule has 4 N–H and O–H groups in total. The Hall–Kier alpha value is -2.11. The summed E-state index contributed by atoms with van der Waals surface area (Å²) in [5.41, 5.74) is 6.91. The number of carbonyl (C=O) groups is 1. The van der Waals surface area contributed by atoms with Gasteiger partial charge in [-0.3, -0.25) is 0 Å². The average molecular weight is 192 g/mol. The van der Waals surface area contributed by atoms with Gasteiger partial charge in [-0.2, -0.15) is 0 Å². The number of carboxylic acid groups (broad SMARTS) is 1. The van der Waals surface area contributed by atoms with Crippen LogP contribution in [0, 0.1) is 6.92 Å². The molecule has 0 aliphatic carbocycles. The first kappa shape index (κ1) is 8.49. The maximum absolute atomic E-state index is 10.7. The van der Waals surface area contributed by atoms with Gasteiger partial charge in [-0.1, -0.05) is 0 Å². The van der Waals surface area contributed by atoms with Gasteiger partial charge in [-0.05, 0) is 6.92 Å². The molecule has 0 spiro atoms. The zero-order valence-electron chi connectivity index (χ0n) is 7.40. The van der Waals surface area contributed by atoms with Crippen molar-refractivity contribution in [2.75, 3.05) is 5.73 Å². The fraction of sp³-hybridized carbons (Fsp3) is 0.125. The summed E-state index contributed by atoms with van der Waals surface area (Å²) in [4.78, 5) is 21.2. The highest BCUT2D eigenvalue weighted by molar-refractivity contribution is 6.04. The molecule has 14 heavy (non-hydrogen) atoms. The molecule has 0 unspecified atom stereocenters. The molecule has 0 saturated carbocycles. The molecule has 2 heterocycles. The molecule has 2 aromatic rings. The highest BCUT2D eigenvalue weighted by Crippen LogP contribution is 2.24. The first-order chi connectivity index (χ1) is 6.61. The van der Waals surface area contributed by atoms with Gasteiger partial charge < -0.3 is 15.8 Å². The van der Waals surface area contributed by atoms with Gasteiger partial charge in [0.2, 0.25) is 0 Å². The third kappa shape index (κ3) is 1.00. The summed E-state index contributed by atoms with van der Waals surface area (Å²) < 4.78 is 0. The van der Waals surface area contributed by atoms with E-state index < -0.39 is 5.97 Å². The van der Waals surface area contributed by atoms with Gasteiger partial charge in [0.1, 0.15) is 17.7 Å². The predicted octanol–water partition coefficient (Wildman–Crippen LogP) is 0.547. The topological polar surface area (TPSA) is 105 Å². The van der Waals surface area contributed by atoms with E-state index in [9.17, 15) is 4.79 Å². The van der Waals surface area contributed by atoms with Gasteiger partial charge in [0.15, 0.2) is 0 Å². The van der Waals surface area contributed by atoms with Crippen molar-refractivity contribution in [1.29, 1.82) is 0 Å². The monoisotopic (exact) mass is 192 g/mol. The van der Waals surface area contributed by atoms with E-state index in [2.05, 4.69) is 15.0 Å². The Morgan fingerprint density at radius 3 is 2.86 bits per heavy atom. The molecule has 6 heteroatoms. The van der Waals surface area contributed by atoms with Crippen LogP contribution < -0.4 is 5.73 Å². The highest BCUT2D eigenvalue weighted by Gasteiger charge is 2.16. The fourth-order valence-corrected chi connectivity index (χ4v) is 1.37. The Balaban J connectivity index is 2.87. The number of nitrogens with one attached hydrogen (secondary N) is 1. The average Bonchev–Trinajstić information content (AvgIpc) is 2.45. The van der Waals surface area contributed by atoms with E-state index in [1.807, 2.05) is 0 Å². The van der Waals surface area contributed by atoms with Crippen LogP contribution in [0.15, 0.2) is 6.33 Å². The van der Waals surface area contributed by atoms with Crippen LogP contribution >= 0.6 is 0 Å². The zero-order chi connectivity index (χ0) is 10.3. The number of hydrogen-bond donors (Lipinski definition) is 3.